The van der Waals surface area contributed by atoms with Crippen molar-refractivity contribution in [3.8, 4) is 5.75 Å². The Bertz CT molecular complexity index is 366. The smallest absolute Gasteiger partial charge is 0.125 e. The minimum Gasteiger partial charge on any atom is -0.496 e. The summed E-state index contributed by atoms with van der Waals surface area (Å²) in [6.45, 7) is 8.67. The molecule has 1 rings (SSSR count). The van der Waals surface area contributed by atoms with Crippen LogP contribution in [0.25, 0.3) is 0 Å². The van der Waals surface area contributed by atoms with Gasteiger partial charge < -0.3 is 15.0 Å². The van der Waals surface area contributed by atoms with Crippen LogP contribution in [0.2, 0.25) is 0 Å². The van der Waals surface area contributed by atoms with Gasteiger partial charge in [-0.2, -0.15) is 0 Å². The van der Waals surface area contributed by atoms with Crippen LogP contribution >= 0.6 is 0 Å². The maximum Gasteiger partial charge on any atom is 0.125 e. The lowest BCUT2D eigenvalue weighted by atomic mass is 10.0. The van der Waals surface area contributed by atoms with Crippen molar-refractivity contribution in [2.24, 2.45) is 0 Å². The number of rotatable bonds is 7. The zero-order valence-electron chi connectivity index (χ0n) is 12.3. The highest BCUT2D eigenvalue weighted by atomic mass is 16.5. The van der Waals surface area contributed by atoms with Crippen molar-refractivity contribution in [2.45, 2.75) is 33.2 Å². The van der Waals surface area contributed by atoms with Crippen molar-refractivity contribution in [1.29, 1.82) is 0 Å². The fourth-order valence-corrected chi connectivity index (χ4v) is 2.28. The van der Waals surface area contributed by atoms with Gasteiger partial charge >= 0.3 is 0 Å². The molecule has 0 heterocycles. The largest absolute Gasteiger partial charge is 0.496 e. The summed E-state index contributed by atoms with van der Waals surface area (Å²) in [5.74, 6) is 0.962. The molecule has 1 N–H and O–H groups in total. The molecule has 1 aromatic carbocycles. The maximum absolute atomic E-state index is 5.52. The first-order valence-electron chi connectivity index (χ1n) is 6.78. The van der Waals surface area contributed by atoms with Gasteiger partial charge in [0.05, 0.1) is 7.11 Å². The first kappa shape index (κ1) is 14.8. The molecular formula is C15H26N2O. The van der Waals surface area contributed by atoms with Crippen molar-refractivity contribution in [3.05, 3.63) is 23.8 Å². The van der Waals surface area contributed by atoms with Crippen LogP contribution in [0.4, 0.5) is 5.69 Å². The Labute approximate surface area is 111 Å². The summed E-state index contributed by atoms with van der Waals surface area (Å²) < 4.78 is 5.52. The normalized spacial score (nSPS) is 12.3. The van der Waals surface area contributed by atoms with Crippen molar-refractivity contribution < 1.29 is 4.74 Å². The second-order valence-corrected chi connectivity index (χ2v) is 4.48. The minimum absolute atomic E-state index is 0.280. The van der Waals surface area contributed by atoms with Crippen LogP contribution in [0.1, 0.15) is 38.8 Å². The van der Waals surface area contributed by atoms with E-state index >= 15 is 0 Å². The number of hydrogen-bond donors (Lipinski definition) is 1. The van der Waals surface area contributed by atoms with Crippen molar-refractivity contribution >= 4 is 5.69 Å². The van der Waals surface area contributed by atoms with E-state index in [0.29, 0.717) is 0 Å². The summed E-state index contributed by atoms with van der Waals surface area (Å²) in [6.07, 6.45) is 1.15. The molecule has 3 heteroatoms. The van der Waals surface area contributed by atoms with E-state index in [1.54, 1.807) is 7.11 Å². The number of hydrogen-bond acceptors (Lipinski definition) is 3. The Hall–Kier alpha value is -1.22. The van der Waals surface area contributed by atoms with Crippen molar-refractivity contribution in [3.63, 3.8) is 0 Å². The predicted molar refractivity (Wildman–Crippen MR) is 78.6 cm³/mol. The van der Waals surface area contributed by atoms with Crippen LogP contribution in [0, 0.1) is 0 Å². The molecule has 0 radical (unpaired) electrons. The van der Waals surface area contributed by atoms with Gasteiger partial charge in [-0.05, 0) is 39.4 Å². The molecule has 3 nitrogen and oxygen atoms in total. The van der Waals surface area contributed by atoms with Gasteiger partial charge in [0, 0.05) is 30.4 Å². The van der Waals surface area contributed by atoms with E-state index in [4.69, 9.17) is 4.74 Å². The SMILES string of the molecule is CCCN(CC)c1cccc(OC)c1C(C)NC. The lowest BCUT2D eigenvalue weighted by Crippen LogP contribution is -2.26. The van der Waals surface area contributed by atoms with Crippen LogP contribution in [0.5, 0.6) is 5.75 Å². The lowest BCUT2D eigenvalue weighted by molar-refractivity contribution is 0.404. The van der Waals surface area contributed by atoms with E-state index in [-0.39, 0.29) is 6.04 Å². The summed E-state index contributed by atoms with van der Waals surface area (Å²) in [5.41, 5.74) is 2.53. The van der Waals surface area contributed by atoms with Gasteiger partial charge in [-0.1, -0.05) is 13.0 Å². The Kier molecular flexibility index (Phi) is 5.99. The second-order valence-electron chi connectivity index (χ2n) is 4.48. The second kappa shape index (κ2) is 7.27. The Balaban J connectivity index is 3.23. The fourth-order valence-electron chi connectivity index (χ4n) is 2.28. The summed E-state index contributed by atoms with van der Waals surface area (Å²) in [6, 6.07) is 6.57. The topological polar surface area (TPSA) is 24.5 Å². The quantitative estimate of drug-likeness (QED) is 0.804. The van der Waals surface area contributed by atoms with Gasteiger partial charge in [-0.15, -0.1) is 0 Å². The van der Waals surface area contributed by atoms with E-state index in [0.717, 1.165) is 25.3 Å². The third-order valence-electron chi connectivity index (χ3n) is 3.34. The van der Waals surface area contributed by atoms with Gasteiger partial charge in [0.1, 0.15) is 5.75 Å². The molecule has 0 bridgehead atoms. The first-order chi connectivity index (χ1) is 8.69. The van der Waals surface area contributed by atoms with Crippen molar-refractivity contribution in [2.75, 3.05) is 32.1 Å². The molecule has 0 saturated carbocycles. The number of benzene rings is 1. The molecule has 0 spiro atoms. The molecule has 1 unspecified atom stereocenters. The zero-order valence-corrected chi connectivity index (χ0v) is 12.3. The Morgan fingerprint density at radius 3 is 2.56 bits per heavy atom. The highest BCUT2D eigenvalue weighted by Crippen LogP contribution is 2.34. The highest BCUT2D eigenvalue weighted by Gasteiger charge is 2.17. The number of methoxy groups -OCH3 is 1. The van der Waals surface area contributed by atoms with Crippen LogP contribution in [-0.4, -0.2) is 27.2 Å². The van der Waals surface area contributed by atoms with Crippen LogP contribution in [-0.2, 0) is 0 Å². The highest BCUT2D eigenvalue weighted by molar-refractivity contribution is 5.60. The molecule has 0 amide bonds. The third-order valence-corrected chi connectivity index (χ3v) is 3.34. The molecule has 1 aromatic rings. The average molecular weight is 250 g/mol. The average Bonchev–Trinajstić information content (AvgIpc) is 2.43. The van der Waals surface area contributed by atoms with E-state index in [1.807, 2.05) is 13.1 Å². The molecule has 0 saturated heterocycles. The van der Waals surface area contributed by atoms with Crippen LogP contribution < -0.4 is 15.0 Å². The number of nitrogens with zero attached hydrogens (tertiary/aromatic N) is 1. The molecule has 0 aliphatic rings. The zero-order chi connectivity index (χ0) is 13.5. The summed E-state index contributed by atoms with van der Waals surface area (Å²) >= 11 is 0. The van der Waals surface area contributed by atoms with Gasteiger partial charge in [-0.3, -0.25) is 0 Å². The van der Waals surface area contributed by atoms with Gasteiger partial charge in [0.25, 0.3) is 0 Å². The van der Waals surface area contributed by atoms with Crippen LogP contribution in [0.3, 0.4) is 0 Å². The Morgan fingerprint density at radius 1 is 1.33 bits per heavy atom. The predicted octanol–water partition coefficient (Wildman–Crippen LogP) is 3.21. The van der Waals surface area contributed by atoms with Gasteiger partial charge in [0.15, 0.2) is 0 Å². The van der Waals surface area contributed by atoms with E-state index in [2.05, 4.69) is 43.1 Å². The summed E-state index contributed by atoms with van der Waals surface area (Å²) in [5, 5.41) is 3.31. The minimum atomic E-state index is 0.280. The molecule has 0 aliphatic heterocycles. The third kappa shape index (κ3) is 3.16. The first-order valence-corrected chi connectivity index (χ1v) is 6.78. The number of ether oxygens (including phenoxy) is 1. The van der Waals surface area contributed by atoms with Gasteiger partial charge in [-0.25, -0.2) is 0 Å². The van der Waals surface area contributed by atoms with Crippen LogP contribution in [0.15, 0.2) is 18.2 Å². The van der Waals surface area contributed by atoms with E-state index < -0.39 is 0 Å². The number of anilines is 1. The van der Waals surface area contributed by atoms with E-state index in [1.165, 1.54) is 11.3 Å². The van der Waals surface area contributed by atoms with Crippen molar-refractivity contribution in [1.82, 2.24) is 5.32 Å². The fraction of sp³-hybridized carbons (Fsp3) is 0.600. The molecule has 1 atom stereocenters. The standard InChI is InChI=1S/C15H26N2O/c1-6-11-17(7-2)13-9-8-10-14(18-5)15(13)12(3)16-4/h8-10,12,16H,6-7,11H2,1-5H3. The molecule has 18 heavy (non-hydrogen) atoms. The monoisotopic (exact) mass is 250 g/mol. The molecule has 0 aliphatic carbocycles. The lowest BCUT2D eigenvalue weighted by Gasteiger charge is -2.28. The number of nitrogens with one attached hydrogen (secondary N) is 1. The molecule has 0 aromatic heterocycles. The molecule has 102 valence electrons. The van der Waals surface area contributed by atoms with E-state index in [9.17, 15) is 0 Å². The summed E-state index contributed by atoms with van der Waals surface area (Å²) in [4.78, 5) is 2.41. The summed E-state index contributed by atoms with van der Waals surface area (Å²) in [7, 11) is 3.72. The Morgan fingerprint density at radius 2 is 2.06 bits per heavy atom. The molecular weight excluding hydrogens is 224 g/mol. The van der Waals surface area contributed by atoms with Gasteiger partial charge in [0.2, 0.25) is 0 Å². The molecule has 0 fully saturated rings. The maximum atomic E-state index is 5.52.